The molecule has 0 spiro atoms. The molecule has 0 fully saturated rings. The maximum atomic E-state index is 11.9. The molecule has 0 saturated carbocycles. The number of benzene rings is 2. The van der Waals surface area contributed by atoms with Crippen molar-refractivity contribution in [2.75, 3.05) is 20.6 Å². The number of ether oxygens (including phenoxy) is 1. The van der Waals surface area contributed by atoms with Crippen LogP contribution in [-0.4, -0.2) is 37.6 Å². The summed E-state index contributed by atoms with van der Waals surface area (Å²) >= 11 is 0. The van der Waals surface area contributed by atoms with Gasteiger partial charge in [0.1, 0.15) is 6.10 Å². The lowest BCUT2D eigenvalue weighted by atomic mass is 9.62. The van der Waals surface area contributed by atoms with E-state index in [1.54, 1.807) is 0 Å². The molecule has 2 rings (SSSR count). The van der Waals surface area contributed by atoms with Gasteiger partial charge in [-0.2, -0.15) is 0 Å². The standard InChI is InChI=1S/C23H31NO2.ClH/c1-6-22(26-19(3)25)23(18(2)17-24(4)5,20-13-9-7-10-14-20)21-15-11-8-12-16-21;/h7-16,18,22H,6,17H2,1-5H3;1H/t18-,22-;/m0./s1. The fourth-order valence-corrected chi connectivity index (χ4v) is 4.24. The normalized spacial score (nSPS) is 13.6. The van der Waals surface area contributed by atoms with E-state index in [9.17, 15) is 4.79 Å². The van der Waals surface area contributed by atoms with Crippen molar-refractivity contribution in [3.05, 3.63) is 71.8 Å². The Labute approximate surface area is 170 Å². The topological polar surface area (TPSA) is 29.5 Å². The van der Waals surface area contributed by atoms with Gasteiger partial charge in [0.25, 0.3) is 0 Å². The lowest BCUT2D eigenvalue weighted by Gasteiger charge is -2.46. The third-order valence-electron chi connectivity index (χ3n) is 5.11. The molecule has 2 aromatic rings. The number of halogens is 1. The molecule has 0 amide bonds. The van der Waals surface area contributed by atoms with E-state index in [1.165, 1.54) is 18.1 Å². The predicted octanol–water partition coefficient (Wildman–Crippen LogP) is 4.93. The molecule has 0 aromatic heterocycles. The van der Waals surface area contributed by atoms with Crippen LogP contribution in [0.25, 0.3) is 0 Å². The van der Waals surface area contributed by atoms with Crippen molar-refractivity contribution in [2.24, 2.45) is 5.92 Å². The van der Waals surface area contributed by atoms with Crippen LogP contribution in [0.5, 0.6) is 0 Å². The van der Waals surface area contributed by atoms with Crippen LogP contribution >= 0.6 is 12.4 Å². The van der Waals surface area contributed by atoms with Gasteiger partial charge in [-0.3, -0.25) is 4.79 Å². The van der Waals surface area contributed by atoms with E-state index in [0.29, 0.717) is 0 Å². The highest BCUT2D eigenvalue weighted by atomic mass is 35.5. The zero-order valence-electron chi connectivity index (χ0n) is 17.0. The molecule has 0 bridgehead atoms. The third-order valence-corrected chi connectivity index (χ3v) is 5.11. The van der Waals surface area contributed by atoms with Gasteiger partial charge in [-0.25, -0.2) is 0 Å². The number of hydrogen-bond acceptors (Lipinski definition) is 3. The molecule has 0 N–H and O–H groups in total. The Morgan fingerprint density at radius 2 is 1.44 bits per heavy atom. The number of rotatable bonds is 8. The van der Waals surface area contributed by atoms with Gasteiger partial charge in [0, 0.05) is 13.5 Å². The van der Waals surface area contributed by atoms with E-state index in [4.69, 9.17) is 4.74 Å². The van der Waals surface area contributed by atoms with E-state index in [2.05, 4.69) is 81.4 Å². The summed E-state index contributed by atoms with van der Waals surface area (Å²) in [5.41, 5.74) is 1.97. The van der Waals surface area contributed by atoms with Crippen LogP contribution in [0.1, 0.15) is 38.3 Å². The largest absolute Gasteiger partial charge is 0.461 e. The van der Waals surface area contributed by atoms with Crippen molar-refractivity contribution in [3.63, 3.8) is 0 Å². The van der Waals surface area contributed by atoms with Crippen molar-refractivity contribution < 1.29 is 9.53 Å². The lowest BCUT2D eigenvalue weighted by molar-refractivity contribution is -0.150. The average Bonchev–Trinajstić information content (AvgIpc) is 2.62. The van der Waals surface area contributed by atoms with Gasteiger partial charge in [-0.1, -0.05) is 74.5 Å². The maximum absolute atomic E-state index is 11.9. The molecule has 0 radical (unpaired) electrons. The maximum Gasteiger partial charge on any atom is 0.302 e. The summed E-state index contributed by atoms with van der Waals surface area (Å²) in [6.07, 6.45) is 0.515. The molecule has 2 atom stereocenters. The third kappa shape index (κ3) is 5.12. The second-order valence-corrected chi connectivity index (χ2v) is 7.27. The summed E-state index contributed by atoms with van der Waals surface area (Å²) in [5.74, 6) is 0.0109. The summed E-state index contributed by atoms with van der Waals surface area (Å²) in [6, 6.07) is 21.0. The van der Waals surface area contributed by atoms with Crippen molar-refractivity contribution in [2.45, 2.75) is 38.7 Å². The van der Waals surface area contributed by atoms with Crippen molar-refractivity contribution >= 4 is 18.4 Å². The van der Waals surface area contributed by atoms with Crippen LogP contribution in [0.4, 0.5) is 0 Å². The Hall–Kier alpha value is -1.84. The SMILES string of the molecule is CC[C@H](OC(C)=O)C(c1ccccc1)(c1ccccc1)[C@@H](C)CN(C)C.Cl. The average molecular weight is 390 g/mol. The van der Waals surface area contributed by atoms with E-state index < -0.39 is 5.41 Å². The molecule has 0 aliphatic heterocycles. The summed E-state index contributed by atoms with van der Waals surface area (Å²) < 4.78 is 5.92. The van der Waals surface area contributed by atoms with Crippen LogP contribution in [0, 0.1) is 5.92 Å². The summed E-state index contributed by atoms with van der Waals surface area (Å²) in [7, 11) is 4.17. The first kappa shape index (κ1) is 23.2. The van der Waals surface area contributed by atoms with Crippen molar-refractivity contribution in [3.8, 4) is 0 Å². The van der Waals surface area contributed by atoms with Crippen molar-refractivity contribution in [1.29, 1.82) is 0 Å². The second-order valence-electron chi connectivity index (χ2n) is 7.27. The van der Waals surface area contributed by atoms with Crippen LogP contribution in [-0.2, 0) is 14.9 Å². The minimum Gasteiger partial charge on any atom is -0.461 e. The summed E-state index contributed by atoms with van der Waals surface area (Å²) in [5, 5.41) is 0. The summed E-state index contributed by atoms with van der Waals surface area (Å²) in [6.45, 7) is 6.74. The molecule has 148 valence electrons. The molecular formula is C23H32ClNO2. The second kappa shape index (κ2) is 10.5. The molecule has 0 saturated heterocycles. The van der Waals surface area contributed by atoms with Gasteiger partial charge >= 0.3 is 5.97 Å². The quantitative estimate of drug-likeness (QED) is 0.599. The Balaban J connectivity index is 0.00000364. The Kier molecular flexibility index (Phi) is 9.01. The van der Waals surface area contributed by atoms with Gasteiger partial charge in [-0.05, 0) is 37.6 Å². The van der Waals surface area contributed by atoms with E-state index in [0.717, 1.165) is 13.0 Å². The molecule has 27 heavy (non-hydrogen) atoms. The first-order chi connectivity index (χ1) is 12.4. The fraction of sp³-hybridized carbons (Fsp3) is 0.435. The molecule has 3 nitrogen and oxygen atoms in total. The Morgan fingerprint density at radius 3 is 1.78 bits per heavy atom. The molecule has 4 heteroatoms. The van der Waals surface area contributed by atoms with Gasteiger partial charge in [0.15, 0.2) is 0 Å². The van der Waals surface area contributed by atoms with Crippen LogP contribution in [0.15, 0.2) is 60.7 Å². The van der Waals surface area contributed by atoms with Crippen LogP contribution < -0.4 is 0 Å². The predicted molar refractivity (Wildman–Crippen MR) is 114 cm³/mol. The Bertz CT molecular complexity index is 649. The highest BCUT2D eigenvalue weighted by Crippen LogP contribution is 2.45. The monoisotopic (exact) mass is 389 g/mol. The van der Waals surface area contributed by atoms with E-state index in [1.807, 2.05) is 12.1 Å². The molecule has 0 heterocycles. The molecular weight excluding hydrogens is 358 g/mol. The highest BCUT2D eigenvalue weighted by Gasteiger charge is 2.47. The van der Waals surface area contributed by atoms with E-state index >= 15 is 0 Å². The van der Waals surface area contributed by atoms with Crippen LogP contribution in [0.2, 0.25) is 0 Å². The fourth-order valence-electron chi connectivity index (χ4n) is 4.24. The number of esters is 1. The summed E-state index contributed by atoms with van der Waals surface area (Å²) in [4.78, 5) is 14.1. The van der Waals surface area contributed by atoms with Gasteiger partial charge in [-0.15, -0.1) is 12.4 Å². The zero-order valence-corrected chi connectivity index (χ0v) is 17.8. The smallest absolute Gasteiger partial charge is 0.302 e. The molecule has 0 unspecified atom stereocenters. The first-order valence-corrected chi connectivity index (χ1v) is 9.35. The van der Waals surface area contributed by atoms with Crippen LogP contribution in [0.3, 0.4) is 0 Å². The highest BCUT2D eigenvalue weighted by molar-refractivity contribution is 5.85. The molecule has 2 aromatic carbocycles. The number of hydrogen-bond donors (Lipinski definition) is 0. The number of nitrogens with zero attached hydrogens (tertiary/aromatic N) is 1. The minimum atomic E-state index is -0.410. The molecule has 0 aliphatic rings. The van der Waals surface area contributed by atoms with Gasteiger partial charge < -0.3 is 9.64 Å². The molecule has 0 aliphatic carbocycles. The Morgan fingerprint density at radius 1 is 1.00 bits per heavy atom. The number of carbonyl (C=O) groups excluding carboxylic acids is 1. The number of carbonyl (C=O) groups is 1. The lowest BCUT2D eigenvalue weighted by Crippen LogP contribution is -2.50. The van der Waals surface area contributed by atoms with Gasteiger partial charge in [0.05, 0.1) is 5.41 Å². The minimum absolute atomic E-state index is 0. The zero-order chi connectivity index (χ0) is 19.2. The van der Waals surface area contributed by atoms with Crippen molar-refractivity contribution in [1.82, 2.24) is 4.90 Å². The first-order valence-electron chi connectivity index (χ1n) is 9.35. The van der Waals surface area contributed by atoms with Gasteiger partial charge in [0.2, 0.25) is 0 Å². The van der Waals surface area contributed by atoms with E-state index in [-0.39, 0.29) is 30.4 Å².